The standard InChI is InChI=1S/C24BF20.C12H11BrN/c26-5-1(6(27)14(35)21(42)13(5)34)25(2-7(28)15(36)22(43)16(37)8(2)29,3-9(30)17(38)23(44)18(39)10(3)31)4-11(32)19(40)24(45)20(41)12(4)33;13-12-8-4-5-9-14(12)10-11-6-2-1-3-7-11/h;1-9H,10H2/q-1;+1. The van der Waals surface area contributed by atoms with Crippen LogP contribution in [0, 0.1) is 116 Å². The minimum absolute atomic E-state index is 0.905. The van der Waals surface area contributed by atoms with Gasteiger partial charge in [0.1, 0.15) is 52.7 Å². The maximum Gasteiger partial charge on any atom is 0.248 e. The third kappa shape index (κ3) is 7.05. The second-order valence-electron chi connectivity index (χ2n) is 11.9. The van der Waals surface area contributed by atoms with Gasteiger partial charge in [-0.3, -0.25) is 0 Å². The Morgan fingerprint density at radius 2 is 0.559 bits per heavy atom. The Morgan fingerprint density at radius 1 is 0.322 bits per heavy atom. The normalized spacial score (nSPS) is 11.5. The van der Waals surface area contributed by atoms with E-state index < -0.39 is 144 Å². The zero-order valence-corrected chi connectivity index (χ0v) is 29.5. The van der Waals surface area contributed by atoms with E-state index in [9.17, 15) is 52.7 Å². The van der Waals surface area contributed by atoms with Crippen LogP contribution in [-0.4, -0.2) is 6.15 Å². The lowest BCUT2D eigenvalue weighted by Crippen LogP contribution is -2.81. The lowest BCUT2D eigenvalue weighted by molar-refractivity contribution is -0.699. The van der Waals surface area contributed by atoms with Crippen molar-refractivity contribution in [2.75, 3.05) is 0 Å². The van der Waals surface area contributed by atoms with Crippen LogP contribution in [0.15, 0.2) is 59.3 Å². The summed E-state index contributed by atoms with van der Waals surface area (Å²) in [5.74, 6) is -71.4. The molecule has 23 heteroatoms. The highest BCUT2D eigenvalue weighted by Crippen LogP contribution is 2.30. The molecule has 59 heavy (non-hydrogen) atoms. The van der Waals surface area contributed by atoms with Crippen molar-refractivity contribution in [1.29, 1.82) is 0 Å². The Balaban J connectivity index is 0.000000395. The van der Waals surface area contributed by atoms with Crippen LogP contribution < -0.4 is 26.4 Å². The zero-order valence-electron chi connectivity index (χ0n) is 27.9. The molecule has 1 nitrogen and oxygen atoms in total. The van der Waals surface area contributed by atoms with E-state index in [2.05, 4.69) is 51.0 Å². The lowest BCUT2D eigenvalue weighted by Gasteiger charge is -2.44. The molecule has 0 aliphatic heterocycles. The smallest absolute Gasteiger partial charge is 0.207 e. The van der Waals surface area contributed by atoms with Gasteiger partial charge in [0.15, 0.2) is 82.5 Å². The fourth-order valence-corrected chi connectivity index (χ4v) is 6.63. The van der Waals surface area contributed by atoms with Crippen LogP contribution in [0.2, 0.25) is 0 Å². The maximum atomic E-state index is 15.4. The maximum absolute atomic E-state index is 15.4. The second-order valence-corrected chi connectivity index (χ2v) is 12.7. The van der Waals surface area contributed by atoms with Crippen LogP contribution in [-0.2, 0) is 6.54 Å². The quantitative estimate of drug-likeness (QED) is 0.0394. The number of hydrogen-bond acceptors (Lipinski definition) is 0. The first-order valence-electron chi connectivity index (χ1n) is 15.5. The fraction of sp³-hybridized carbons (Fsp3) is 0.0278. The van der Waals surface area contributed by atoms with Gasteiger partial charge in [0.25, 0.3) is 0 Å². The van der Waals surface area contributed by atoms with Gasteiger partial charge >= 0.3 is 0 Å². The molecule has 6 aromatic rings. The molecule has 0 bridgehead atoms. The van der Waals surface area contributed by atoms with E-state index in [1.807, 2.05) is 24.3 Å². The molecule has 0 amide bonds. The third-order valence-corrected chi connectivity index (χ3v) is 9.51. The summed E-state index contributed by atoms with van der Waals surface area (Å²) in [5.41, 5.74) is -13.0. The van der Waals surface area contributed by atoms with Crippen molar-refractivity contribution in [3.8, 4) is 0 Å². The van der Waals surface area contributed by atoms with Gasteiger partial charge in [0.2, 0.25) is 4.60 Å². The molecule has 1 heterocycles. The summed E-state index contributed by atoms with van der Waals surface area (Å²) in [6.07, 6.45) is -5.15. The number of aromatic nitrogens is 1. The van der Waals surface area contributed by atoms with Crippen molar-refractivity contribution in [3.63, 3.8) is 0 Å². The minimum Gasteiger partial charge on any atom is -0.207 e. The van der Waals surface area contributed by atoms with Crippen LogP contribution in [0.5, 0.6) is 0 Å². The number of halogens is 21. The fourth-order valence-electron chi connectivity index (χ4n) is 6.24. The monoisotopic (exact) mass is 927 g/mol. The largest absolute Gasteiger partial charge is 0.248 e. The van der Waals surface area contributed by atoms with E-state index in [4.69, 9.17) is 0 Å². The van der Waals surface area contributed by atoms with Crippen LogP contribution in [0.1, 0.15) is 5.56 Å². The molecular weight excluding hydrogens is 917 g/mol. The molecule has 0 N–H and O–H groups in total. The Hall–Kier alpha value is -5.61. The molecule has 0 spiro atoms. The van der Waals surface area contributed by atoms with Crippen molar-refractivity contribution in [1.82, 2.24) is 0 Å². The summed E-state index contributed by atoms with van der Waals surface area (Å²) in [6, 6.07) is 16.5. The number of nitrogens with zero attached hydrogens (tertiary/aromatic N) is 1. The van der Waals surface area contributed by atoms with Crippen molar-refractivity contribution >= 4 is 43.9 Å². The van der Waals surface area contributed by atoms with Crippen LogP contribution in [0.25, 0.3) is 0 Å². The van der Waals surface area contributed by atoms with Crippen molar-refractivity contribution < 1.29 is 92.4 Å². The molecule has 0 aliphatic rings. The average molecular weight is 928 g/mol. The summed E-state index contributed by atoms with van der Waals surface area (Å²) in [6.45, 7) is 0.905. The predicted octanol–water partition coefficient (Wildman–Crippen LogP) is 8.63. The van der Waals surface area contributed by atoms with Gasteiger partial charge in [-0.25, -0.2) is 87.8 Å². The third-order valence-electron chi connectivity index (χ3n) is 8.79. The van der Waals surface area contributed by atoms with E-state index in [-0.39, 0.29) is 0 Å². The number of rotatable bonds is 6. The first kappa shape index (κ1) is 44.5. The van der Waals surface area contributed by atoms with Crippen molar-refractivity contribution in [2.45, 2.75) is 6.54 Å². The Morgan fingerprint density at radius 3 is 0.814 bits per heavy atom. The average Bonchev–Trinajstić information content (AvgIpc) is 3.22. The van der Waals surface area contributed by atoms with Crippen molar-refractivity contribution in [2.24, 2.45) is 0 Å². The molecule has 0 fully saturated rings. The number of pyridine rings is 1. The van der Waals surface area contributed by atoms with Gasteiger partial charge < -0.3 is 0 Å². The lowest BCUT2D eigenvalue weighted by atomic mass is 9.12. The van der Waals surface area contributed by atoms with E-state index in [0.29, 0.717) is 0 Å². The van der Waals surface area contributed by atoms with E-state index in [0.717, 1.165) is 11.1 Å². The molecule has 0 radical (unpaired) electrons. The molecule has 0 atom stereocenters. The number of hydrogen-bond donors (Lipinski definition) is 0. The first-order chi connectivity index (χ1) is 27.6. The van der Waals surface area contributed by atoms with Gasteiger partial charge in [-0.15, -0.1) is 21.9 Å². The SMILES string of the molecule is Brc1cccc[n+]1Cc1ccccc1.Fc1c(F)c(F)c([B-](c2c(F)c(F)c(F)c(F)c2F)(c2c(F)c(F)c(F)c(F)c2F)c2c(F)c(F)c(F)c(F)c2F)c(F)c1F. The highest BCUT2D eigenvalue weighted by atomic mass is 79.9. The van der Waals surface area contributed by atoms with Crippen molar-refractivity contribution in [3.05, 3.63) is 181 Å². The summed E-state index contributed by atoms with van der Waals surface area (Å²) in [5, 5.41) is 0. The van der Waals surface area contributed by atoms with Gasteiger partial charge in [-0.1, -0.05) is 30.3 Å². The van der Waals surface area contributed by atoms with Gasteiger partial charge in [-0.2, -0.15) is 4.57 Å². The van der Waals surface area contributed by atoms with E-state index in [1.165, 1.54) is 5.56 Å². The van der Waals surface area contributed by atoms with Crippen LogP contribution >= 0.6 is 15.9 Å². The highest BCUT2D eigenvalue weighted by molar-refractivity contribution is 9.10. The Labute approximate surface area is 323 Å². The van der Waals surface area contributed by atoms with E-state index in [1.54, 1.807) is 0 Å². The first-order valence-corrected chi connectivity index (χ1v) is 16.3. The molecule has 1 aromatic heterocycles. The predicted molar refractivity (Wildman–Crippen MR) is 169 cm³/mol. The molecule has 6 rings (SSSR count). The van der Waals surface area contributed by atoms with Crippen LogP contribution in [0.3, 0.4) is 0 Å². The Bertz CT molecular complexity index is 2280. The molecule has 310 valence electrons. The summed E-state index contributed by atoms with van der Waals surface area (Å²) in [4.78, 5) is 0. The molecule has 0 aliphatic carbocycles. The molecular formula is C36H11BBrF20N. The zero-order chi connectivity index (χ0) is 44.2. The molecule has 0 saturated heterocycles. The summed E-state index contributed by atoms with van der Waals surface area (Å²) >= 11 is 3.52. The van der Waals surface area contributed by atoms with Gasteiger partial charge in [0.05, 0.1) is 0 Å². The highest BCUT2D eigenvalue weighted by Gasteiger charge is 2.52. The number of benzene rings is 5. The second kappa shape index (κ2) is 16.6. The van der Waals surface area contributed by atoms with Gasteiger partial charge in [-0.05, 0) is 6.07 Å². The molecule has 5 aromatic carbocycles. The molecule has 0 unspecified atom stereocenters. The topological polar surface area (TPSA) is 3.88 Å². The minimum atomic E-state index is -7.22. The Kier molecular flexibility index (Phi) is 12.5. The van der Waals surface area contributed by atoms with E-state index >= 15 is 35.1 Å². The van der Waals surface area contributed by atoms with Gasteiger partial charge in [0, 0.05) is 33.6 Å². The summed E-state index contributed by atoms with van der Waals surface area (Å²) < 4.78 is 297. The van der Waals surface area contributed by atoms with Crippen LogP contribution in [0.4, 0.5) is 87.8 Å². The summed E-state index contributed by atoms with van der Waals surface area (Å²) in [7, 11) is 0. The molecule has 0 saturated carbocycles.